The molecule has 0 unspecified atom stereocenters. The van der Waals surface area contributed by atoms with Crippen molar-refractivity contribution >= 4 is 10.2 Å². The molecule has 0 amide bonds. The van der Waals surface area contributed by atoms with E-state index >= 15 is 0 Å². The average Bonchev–Trinajstić information content (AvgIpc) is 2.47. The van der Waals surface area contributed by atoms with Crippen LogP contribution >= 0.6 is 0 Å². The Kier molecular flexibility index (Phi) is 5.85. The van der Waals surface area contributed by atoms with Gasteiger partial charge in [0.2, 0.25) is 0 Å². The van der Waals surface area contributed by atoms with Crippen LogP contribution in [0.4, 0.5) is 0 Å². The van der Waals surface area contributed by atoms with Crippen LogP contribution in [-0.2, 0) is 13.1 Å². The average molecular weight is 269 g/mol. The smallest absolute Gasteiger partial charge is 0.0237 e. The molecule has 0 atom stereocenters. The van der Waals surface area contributed by atoms with Crippen molar-refractivity contribution in [3.63, 3.8) is 0 Å². The molecule has 0 radical (unpaired) electrons. The van der Waals surface area contributed by atoms with Crippen molar-refractivity contribution < 1.29 is 0 Å². The summed E-state index contributed by atoms with van der Waals surface area (Å²) < 4.78 is 0. The first-order chi connectivity index (χ1) is 9.38. The van der Waals surface area contributed by atoms with E-state index in [1.165, 1.54) is 40.4 Å². The molecule has 100 valence electrons. The van der Waals surface area contributed by atoms with Crippen LogP contribution in [0.5, 0.6) is 0 Å². The minimum atomic E-state index is 1.05. The zero-order valence-corrected chi connectivity index (χ0v) is 13.8. The van der Waals surface area contributed by atoms with Crippen molar-refractivity contribution in [2.24, 2.45) is 0 Å². The molecule has 0 aromatic heterocycles. The molecule has 1 nitrogen and oxygen atoms in total. The van der Waals surface area contributed by atoms with Gasteiger partial charge in [-0.2, -0.15) is 0 Å². The molecule has 2 heteroatoms. The summed E-state index contributed by atoms with van der Waals surface area (Å²) in [6.07, 6.45) is 1.33. The van der Waals surface area contributed by atoms with Crippen molar-refractivity contribution in [1.82, 2.24) is 4.90 Å². The fourth-order valence-electron chi connectivity index (χ4n) is 2.28. The van der Waals surface area contributed by atoms with Crippen molar-refractivity contribution in [2.45, 2.75) is 25.6 Å². The summed E-state index contributed by atoms with van der Waals surface area (Å²) in [6, 6.07) is 23.0. The van der Waals surface area contributed by atoms with Gasteiger partial charge in [-0.1, -0.05) is 66.7 Å². The highest BCUT2D eigenvalue weighted by Crippen LogP contribution is 2.10. The lowest BCUT2D eigenvalue weighted by atomic mass is 10.1. The van der Waals surface area contributed by atoms with Gasteiger partial charge in [0.15, 0.2) is 0 Å². The molecule has 0 bridgehead atoms. The summed E-state index contributed by atoms with van der Waals surface area (Å²) in [7, 11) is 1.31. The van der Waals surface area contributed by atoms with E-state index in [0.717, 1.165) is 13.1 Å². The van der Waals surface area contributed by atoms with Gasteiger partial charge in [0.1, 0.15) is 0 Å². The first-order valence-corrected chi connectivity index (χ1v) is 8.60. The van der Waals surface area contributed by atoms with E-state index in [9.17, 15) is 0 Å². The van der Waals surface area contributed by atoms with Gasteiger partial charge in [-0.05, 0) is 24.1 Å². The monoisotopic (exact) mass is 269 g/mol. The molecule has 19 heavy (non-hydrogen) atoms. The van der Waals surface area contributed by atoms with Crippen molar-refractivity contribution in [1.29, 1.82) is 0 Å². The van der Waals surface area contributed by atoms with Crippen molar-refractivity contribution in [3.05, 3.63) is 71.8 Å². The second-order valence-electron chi connectivity index (χ2n) is 5.04. The van der Waals surface area contributed by atoms with Crippen LogP contribution in [0.1, 0.15) is 17.5 Å². The molecular weight excluding hydrogens is 246 g/mol. The predicted molar refractivity (Wildman–Crippen MR) is 86.4 cm³/mol. The van der Waals surface area contributed by atoms with Gasteiger partial charge in [0, 0.05) is 23.3 Å². The molecule has 2 aromatic rings. The lowest BCUT2D eigenvalue weighted by Gasteiger charge is -2.22. The van der Waals surface area contributed by atoms with Crippen molar-refractivity contribution in [2.75, 3.05) is 6.54 Å². The maximum absolute atomic E-state index is 2.56. The van der Waals surface area contributed by atoms with Crippen molar-refractivity contribution in [3.8, 4) is 0 Å². The Balaban J connectivity index is 1.99. The first-order valence-electron chi connectivity index (χ1n) is 7.18. The lowest BCUT2D eigenvalue weighted by molar-refractivity contribution is 0.257. The topological polar surface area (TPSA) is 3.24 Å². The highest BCUT2D eigenvalue weighted by atomic mass is 28.1. The zero-order chi connectivity index (χ0) is 13.3. The van der Waals surface area contributed by atoms with E-state index in [4.69, 9.17) is 0 Å². The third kappa shape index (κ3) is 5.01. The molecule has 0 aliphatic heterocycles. The van der Waals surface area contributed by atoms with E-state index in [1.807, 2.05) is 0 Å². The Hall–Kier alpha value is -1.38. The van der Waals surface area contributed by atoms with E-state index < -0.39 is 0 Å². The van der Waals surface area contributed by atoms with E-state index in [2.05, 4.69) is 65.6 Å². The molecule has 0 N–H and O–H groups in total. The van der Waals surface area contributed by atoms with Crippen LogP contribution in [0.3, 0.4) is 0 Å². The van der Waals surface area contributed by atoms with Crippen LogP contribution < -0.4 is 0 Å². The lowest BCUT2D eigenvalue weighted by Crippen LogP contribution is -2.24. The Bertz CT molecular complexity index is 414. The molecule has 0 spiro atoms. The Labute approximate surface area is 119 Å². The van der Waals surface area contributed by atoms with Gasteiger partial charge in [-0.25, -0.2) is 0 Å². The normalized spacial score (nSPS) is 11.0. The Morgan fingerprint density at radius 3 is 1.63 bits per heavy atom. The molecule has 0 saturated carbocycles. The SMILES string of the molecule is [SiH3]CCCN(Cc1ccccc1)Cc1ccccc1. The molecule has 0 fully saturated rings. The van der Waals surface area contributed by atoms with Gasteiger partial charge in [-0.15, -0.1) is 0 Å². The fourth-order valence-corrected chi connectivity index (χ4v) is 2.60. The number of nitrogens with zero attached hydrogens (tertiary/aromatic N) is 1. The number of hydrogen-bond acceptors (Lipinski definition) is 1. The molecular formula is C17H23NSi. The van der Waals surface area contributed by atoms with Crippen LogP contribution in [0, 0.1) is 0 Å². The van der Waals surface area contributed by atoms with E-state index in [1.54, 1.807) is 0 Å². The second-order valence-corrected chi connectivity index (χ2v) is 6.04. The minimum Gasteiger partial charge on any atom is -0.295 e. The molecule has 0 aliphatic carbocycles. The highest BCUT2D eigenvalue weighted by Gasteiger charge is 2.06. The third-order valence-electron chi connectivity index (χ3n) is 3.33. The number of benzene rings is 2. The molecule has 0 aliphatic rings. The summed E-state index contributed by atoms with van der Waals surface area (Å²) in [5.74, 6) is 0. The van der Waals surface area contributed by atoms with E-state index in [-0.39, 0.29) is 0 Å². The fraction of sp³-hybridized carbons (Fsp3) is 0.294. The highest BCUT2D eigenvalue weighted by molar-refractivity contribution is 6.08. The Morgan fingerprint density at radius 1 is 0.737 bits per heavy atom. The summed E-state index contributed by atoms with van der Waals surface area (Å²) in [6.45, 7) is 3.31. The van der Waals surface area contributed by atoms with E-state index in [0.29, 0.717) is 0 Å². The van der Waals surface area contributed by atoms with Gasteiger partial charge < -0.3 is 0 Å². The summed E-state index contributed by atoms with van der Waals surface area (Å²) in [5, 5.41) is 0. The van der Waals surface area contributed by atoms with Gasteiger partial charge in [-0.3, -0.25) is 4.90 Å². The van der Waals surface area contributed by atoms with Crippen LogP contribution in [0.25, 0.3) is 0 Å². The maximum Gasteiger partial charge on any atom is 0.0237 e. The van der Waals surface area contributed by atoms with Gasteiger partial charge in [0.05, 0.1) is 0 Å². The van der Waals surface area contributed by atoms with Crippen LogP contribution in [0.2, 0.25) is 6.04 Å². The number of hydrogen-bond donors (Lipinski definition) is 0. The number of rotatable bonds is 7. The summed E-state index contributed by atoms with van der Waals surface area (Å²) in [4.78, 5) is 2.56. The molecule has 2 rings (SSSR count). The van der Waals surface area contributed by atoms with Gasteiger partial charge in [0.25, 0.3) is 0 Å². The Morgan fingerprint density at radius 2 is 1.21 bits per heavy atom. The zero-order valence-electron chi connectivity index (χ0n) is 11.8. The van der Waals surface area contributed by atoms with Crippen LogP contribution in [0.15, 0.2) is 60.7 Å². The molecule has 2 aromatic carbocycles. The third-order valence-corrected chi connectivity index (χ3v) is 4.03. The predicted octanol–water partition coefficient (Wildman–Crippen LogP) is 2.86. The largest absolute Gasteiger partial charge is 0.295 e. The summed E-state index contributed by atoms with van der Waals surface area (Å²) >= 11 is 0. The standard InChI is InChI=1S/C17H23NSi/c19-13-7-12-18(14-16-8-3-1-4-9-16)15-17-10-5-2-6-11-17/h1-6,8-11H,7,12-15H2,19H3. The second kappa shape index (κ2) is 7.92. The molecule has 0 saturated heterocycles. The quantitative estimate of drug-likeness (QED) is 0.699. The van der Waals surface area contributed by atoms with Gasteiger partial charge >= 0.3 is 0 Å². The summed E-state index contributed by atoms with van der Waals surface area (Å²) in [5.41, 5.74) is 2.82. The minimum absolute atomic E-state index is 1.05. The van der Waals surface area contributed by atoms with Crippen LogP contribution in [-0.4, -0.2) is 21.7 Å². The molecule has 0 heterocycles. The first kappa shape index (κ1) is 14.0. The maximum atomic E-state index is 2.56.